The van der Waals surface area contributed by atoms with Crippen molar-refractivity contribution in [1.29, 1.82) is 0 Å². The third-order valence-corrected chi connectivity index (χ3v) is 17.6. The van der Waals surface area contributed by atoms with E-state index < -0.39 is 0 Å². The quantitative estimate of drug-likeness (QED) is 0.0706. The van der Waals surface area contributed by atoms with E-state index >= 15 is 0 Å². The second kappa shape index (κ2) is 16.9. The van der Waals surface area contributed by atoms with E-state index in [2.05, 4.69) is 13.2 Å². The van der Waals surface area contributed by atoms with Crippen LogP contribution in [0.4, 0.5) is 0 Å². The Morgan fingerprint density at radius 3 is 1.24 bits per heavy atom. The van der Waals surface area contributed by atoms with Gasteiger partial charge in [0, 0.05) is 38.1 Å². The topological polar surface area (TPSA) is 89.5 Å². The molecule has 0 aromatic carbocycles. The van der Waals surface area contributed by atoms with Crippen LogP contribution < -0.4 is 0 Å². The molecule has 9 rings (SSSR count). The van der Waals surface area contributed by atoms with Crippen LogP contribution in [-0.2, 0) is 38.0 Å². The molecule has 6 bridgehead atoms. The molecule has 9 aliphatic rings. The summed E-state index contributed by atoms with van der Waals surface area (Å²) in [5.74, 6) is 13.4. The lowest BCUT2D eigenvalue weighted by atomic mass is 9.76. The van der Waals surface area contributed by atoms with Crippen LogP contribution in [0.25, 0.3) is 0 Å². The Labute approximate surface area is 330 Å². The molecule has 18 unspecified atom stereocenters. The lowest BCUT2D eigenvalue weighted by molar-refractivity contribution is -0.141. The number of hydrogen-bond donors (Lipinski definition) is 0. The predicted octanol–water partition coefficient (Wildman–Crippen LogP) is 7.80. The number of ether oxygens (including phenoxy) is 6. The average Bonchev–Trinajstić information content (AvgIpc) is 4.02. The van der Waals surface area contributed by atoms with Crippen LogP contribution in [0, 0.1) is 107 Å². The maximum atomic E-state index is 11.9. The first-order chi connectivity index (χ1) is 26.8. The standard InChI is InChI=1S/C47H70O8/c1-4-46(48)54-25-35-16-32-19-41(35)44-13-29(10-38(32)44)22-51-6-5-50-21-28-9-37-31-15-34(40(18-31)43(37)12-28)24-53-8-7-52-23-30-11-39-33-17-36(26-55-47(49)27(2)3)42(20-33)45(39)14-30/h4,28-45H,1-2,5-26H2,3H3. The first kappa shape index (κ1) is 38.8. The van der Waals surface area contributed by atoms with E-state index in [0.29, 0.717) is 61.6 Å². The van der Waals surface area contributed by atoms with Crippen LogP contribution in [0.1, 0.15) is 84.0 Å². The zero-order chi connectivity index (χ0) is 37.6. The van der Waals surface area contributed by atoms with Crippen molar-refractivity contribution in [2.75, 3.05) is 66.1 Å². The summed E-state index contributed by atoms with van der Waals surface area (Å²) in [5, 5.41) is 0. The van der Waals surface area contributed by atoms with Gasteiger partial charge in [-0.2, -0.15) is 0 Å². The molecule has 0 aromatic heterocycles. The number of carbonyl (C=O) groups is 2. The molecule has 0 heterocycles. The van der Waals surface area contributed by atoms with Crippen LogP contribution in [0.5, 0.6) is 0 Å². The molecule has 0 aromatic rings. The van der Waals surface area contributed by atoms with E-state index in [1.807, 2.05) is 0 Å². The van der Waals surface area contributed by atoms with Crippen molar-refractivity contribution in [3.8, 4) is 0 Å². The fourth-order valence-corrected chi connectivity index (χ4v) is 15.7. The molecule has 9 aliphatic carbocycles. The highest BCUT2D eigenvalue weighted by molar-refractivity contribution is 5.86. The second-order valence-corrected chi connectivity index (χ2v) is 20.5. The summed E-state index contributed by atoms with van der Waals surface area (Å²) in [6, 6.07) is 0. The molecule has 55 heavy (non-hydrogen) atoms. The van der Waals surface area contributed by atoms with E-state index in [1.54, 1.807) is 6.92 Å². The van der Waals surface area contributed by atoms with Gasteiger partial charge in [0.2, 0.25) is 0 Å². The van der Waals surface area contributed by atoms with E-state index in [-0.39, 0.29) is 11.9 Å². The molecule has 9 fully saturated rings. The summed E-state index contributed by atoms with van der Waals surface area (Å²) < 4.78 is 35.9. The lowest BCUT2D eigenvalue weighted by Gasteiger charge is -2.31. The molecular formula is C47H70O8. The van der Waals surface area contributed by atoms with Gasteiger partial charge in [0.05, 0.1) is 39.6 Å². The zero-order valence-electron chi connectivity index (χ0n) is 33.7. The Morgan fingerprint density at radius 2 is 0.836 bits per heavy atom. The van der Waals surface area contributed by atoms with Crippen molar-refractivity contribution in [2.45, 2.75) is 84.0 Å². The van der Waals surface area contributed by atoms with Crippen LogP contribution in [0.3, 0.4) is 0 Å². The summed E-state index contributed by atoms with van der Waals surface area (Å²) in [7, 11) is 0. The first-order valence-corrected chi connectivity index (χ1v) is 22.8. The van der Waals surface area contributed by atoms with Gasteiger partial charge in [0.1, 0.15) is 0 Å². The Kier molecular flexibility index (Phi) is 11.9. The molecule has 0 saturated heterocycles. The van der Waals surface area contributed by atoms with Crippen molar-refractivity contribution in [1.82, 2.24) is 0 Å². The van der Waals surface area contributed by atoms with Crippen LogP contribution in [-0.4, -0.2) is 78.0 Å². The van der Waals surface area contributed by atoms with E-state index in [4.69, 9.17) is 28.4 Å². The van der Waals surface area contributed by atoms with Crippen LogP contribution >= 0.6 is 0 Å². The van der Waals surface area contributed by atoms with Gasteiger partial charge < -0.3 is 28.4 Å². The highest BCUT2D eigenvalue weighted by Crippen LogP contribution is 2.64. The summed E-state index contributed by atoms with van der Waals surface area (Å²) >= 11 is 0. The highest BCUT2D eigenvalue weighted by Gasteiger charge is 2.58. The fourth-order valence-electron chi connectivity index (χ4n) is 15.7. The van der Waals surface area contributed by atoms with E-state index in [1.165, 1.54) is 83.1 Å². The third kappa shape index (κ3) is 8.02. The summed E-state index contributed by atoms with van der Waals surface area (Å²) in [6.07, 6.45) is 17.1. The number of fused-ring (bicyclic) bond motifs is 15. The van der Waals surface area contributed by atoms with Gasteiger partial charge in [-0.15, -0.1) is 0 Å². The fraction of sp³-hybridized carbons (Fsp3) is 0.872. The van der Waals surface area contributed by atoms with Crippen molar-refractivity contribution in [3.63, 3.8) is 0 Å². The zero-order valence-corrected chi connectivity index (χ0v) is 33.7. The van der Waals surface area contributed by atoms with Gasteiger partial charge in [-0.05, 0) is 190 Å². The number of esters is 2. The van der Waals surface area contributed by atoms with Crippen molar-refractivity contribution in [2.24, 2.45) is 107 Å². The monoisotopic (exact) mass is 763 g/mol. The minimum absolute atomic E-state index is 0.234. The second-order valence-electron chi connectivity index (χ2n) is 20.5. The molecule has 0 radical (unpaired) electrons. The number of carbonyl (C=O) groups excluding carboxylic acids is 2. The average molecular weight is 763 g/mol. The smallest absolute Gasteiger partial charge is 0.333 e. The Bertz CT molecular complexity index is 1400. The maximum Gasteiger partial charge on any atom is 0.333 e. The summed E-state index contributed by atoms with van der Waals surface area (Å²) in [5.41, 5.74) is 0.501. The van der Waals surface area contributed by atoms with E-state index in [0.717, 1.165) is 117 Å². The van der Waals surface area contributed by atoms with Crippen LogP contribution in [0.15, 0.2) is 24.8 Å². The van der Waals surface area contributed by atoms with Crippen LogP contribution in [0.2, 0.25) is 0 Å². The molecule has 0 N–H and O–H groups in total. The van der Waals surface area contributed by atoms with Crippen molar-refractivity contribution < 1.29 is 38.0 Å². The van der Waals surface area contributed by atoms with Gasteiger partial charge in [0.25, 0.3) is 0 Å². The normalized spacial score (nSPS) is 45.3. The SMILES string of the molecule is C=CC(=O)OCC1CC2CC1C1CC(COCCOCC3CC4C5CC(COCCOCC6CC7C8CC(COC(=O)C(=C)C)C(C8)C7C6)C(C5)C4C3)CC21. The summed E-state index contributed by atoms with van der Waals surface area (Å²) in [6.45, 7) is 16.6. The lowest BCUT2D eigenvalue weighted by Crippen LogP contribution is -2.28. The van der Waals surface area contributed by atoms with Gasteiger partial charge >= 0.3 is 11.9 Å². The molecule has 0 spiro atoms. The molecular weight excluding hydrogens is 693 g/mol. The minimum Gasteiger partial charge on any atom is -0.462 e. The molecule has 8 nitrogen and oxygen atoms in total. The largest absolute Gasteiger partial charge is 0.462 e. The molecule has 18 atom stereocenters. The van der Waals surface area contributed by atoms with Gasteiger partial charge in [-0.25, -0.2) is 9.59 Å². The van der Waals surface area contributed by atoms with Gasteiger partial charge in [-0.3, -0.25) is 0 Å². The van der Waals surface area contributed by atoms with Gasteiger partial charge in [0.15, 0.2) is 0 Å². The maximum absolute atomic E-state index is 11.9. The third-order valence-electron chi connectivity index (χ3n) is 17.6. The predicted molar refractivity (Wildman–Crippen MR) is 208 cm³/mol. The Balaban J connectivity index is 0.600. The Hall–Kier alpha value is -1.74. The minimum atomic E-state index is -0.281. The molecule has 306 valence electrons. The Morgan fingerprint density at radius 1 is 0.473 bits per heavy atom. The summed E-state index contributed by atoms with van der Waals surface area (Å²) in [4.78, 5) is 23.5. The highest BCUT2D eigenvalue weighted by atomic mass is 16.5. The number of hydrogen-bond acceptors (Lipinski definition) is 8. The molecule has 0 aliphatic heterocycles. The molecule has 0 amide bonds. The van der Waals surface area contributed by atoms with Crippen molar-refractivity contribution >= 4 is 11.9 Å². The first-order valence-electron chi connectivity index (χ1n) is 22.8. The molecule has 9 saturated carbocycles. The van der Waals surface area contributed by atoms with Gasteiger partial charge in [-0.1, -0.05) is 13.2 Å². The molecule has 8 heteroatoms. The van der Waals surface area contributed by atoms with E-state index in [9.17, 15) is 9.59 Å². The van der Waals surface area contributed by atoms with Crippen molar-refractivity contribution in [3.05, 3.63) is 24.8 Å². The number of rotatable bonds is 20.